The predicted octanol–water partition coefficient (Wildman–Crippen LogP) is 2.01. The van der Waals surface area contributed by atoms with Crippen LogP contribution in [-0.4, -0.2) is 31.3 Å². The Hall–Kier alpha value is -0.450. The Morgan fingerprint density at radius 2 is 2.44 bits per heavy atom. The second-order valence-electron chi connectivity index (χ2n) is 4.47. The van der Waals surface area contributed by atoms with Crippen LogP contribution in [0.1, 0.15) is 22.7 Å². The second kappa shape index (κ2) is 5.75. The van der Waals surface area contributed by atoms with Crippen LogP contribution >= 0.6 is 11.3 Å². The van der Waals surface area contributed by atoms with Crippen LogP contribution in [0.4, 0.5) is 0 Å². The van der Waals surface area contributed by atoms with Crippen LogP contribution in [0.2, 0.25) is 0 Å². The maximum Gasteiger partial charge on any atom is 0.0940 e. The number of thiazole rings is 1. The van der Waals surface area contributed by atoms with Gasteiger partial charge in [0, 0.05) is 37.2 Å². The van der Waals surface area contributed by atoms with E-state index in [4.69, 9.17) is 4.74 Å². The van der Waals surface area contributed by atoms with Crippen LogP contribution in [0, 0.1) is 12.8 Å². The molecule has 0 aromatic carbocycles. The molecule has 0 aliphatic heterocycles. The van der Waals surface area contributed by atoms with E-state index in [1.54, 1.807) is 18.4 Å². The van der Waals surface area contributed by atoms with Crippen LogP contribution in [0.5, 0.6) is 0 Å². The summed E-state index contributed by atoms with van der Waals surface area (Å²) in [6.45, 7) is 3.95. The van der Waals surface area contributed by atoms with E-state index < -0.39 is 0 Å². The summed E-state index contributed by atoms with van der Waals surface area (Å²) in [6.07, 6.45) is 5.70. The summed E-state index contributed by atoms with van der Waals surface area (Å²) >= 11 is 1.79. The highest BCUT2D eigenvalue weighted by atomic mass is 32.1. The standard InChI is InChI=1S/C12H20N2OS/c1-9-7-14-12(16-9)5-6-13-11(8-15-2)10-3-4-10/h7,10-11,13H,3-6,8H2,1-2H3. The van der Waals surface area contributed by atoms with Crippen molar-refractivity contribution in [3.05, 3.63) is 16.1 Å². The van der Waals surface area contributed by atoms with Crippen LogP contribution in [0.3, 0.4) is 0 Å². The molecule has 1 aliphatic rings. The number of hydrogen-bond donors (Lipinski definition) is 1. The summed E-state index contributed by atoms with van der Waals surface area (Å²) in [7, 11) is 1.78. The Bertz CT molecular complexity index is 323. The van der Waals surface area contributed by atoms with Crippen molar-refractivity contribution in [1.29, 1.82) is 0 Å². The fourth-order valence-corrected chi connectivity index (χ4v) is 2.71. The van der Waals surface area contributed by atoms with Crippen molar-refractivity contribution in [2.75, 3.05) is 20.3 Å². The average molecular weight is 240 g/mol. The zero-order chi connectivity index (χ0) is 11.4. The summed E-state index contributed by atoms with van der Waals surface area (Å²) in [5.41, 5.74) is 0. The van der Waals surface area contributed by atoms with Crippen molar-refractivity contribution in [3.63, 3.8) is 0 Å². The van der Waals surface area contributed by atoms with E-state index in [1.807, 2.05) is 6.20 Å². The molecule has 1 atom stereocenters. The highest BCUT2D eigenvalue weighted by molar-refractivity contribution is 7.11. The SMILES string of the molecule is COCC(NCCc1ncc(C)s1)C1CC1. The maximum absolute atomic E-state index is 5.24. The Morgan fingerprint density at radius 3 is 3.00 bits per heavy atom. The lowest BCUT2D eigenvalue weighted by molar-refractivity contribution is 0.158. The van der Waals surface area contributed by atoms with Gasteiger partial charge in [-0.2, -0.15) is 0 Å². The van der Waals surface area contributed by atoms with Crippen LogP contribution in [-0.2, 0) is 11.2 Å². The molecule has 3 nitrogen and oxygen atoms in total. The fourth-order valence-electron chi connectivity index (χ4n) is 1.92. The molecule has 1 aromatic heterocycles. The third-order valence-electron chi connectivity index (χ3n) is 2.95. The highest BCUT2D eigenvalue weighted by Crippen LogP contribution is 2.32. The van der Waals surface area contributed by atoms with Crippen molar-refractivity contribution >= 4 is 11.3 Å². The Balaban J connectivity index is 1.69. The van der Waals surface area contributed by atoms with Gasteiger partial charge in [0.15, 0.2) is 0 Å². The molecule has 1 unspecified atom stereocenters. The van der Waals surface area contributed by atoms with E-state index >= 15 is 0 Å². The second-order valence-corrected chi connectivity index (χ2v) is 5.79. The maximum atomic E-state index is 5.24. The molecule has 16 heavy (non-hydrogen) atoms. The van der Waals surface area contributed by atoms with Gasteiger partial charge in [-0.15, -0.1) is 11.3 Å². The molecular weight excluding hydrogens is 220 g/mol. The Morgan fingerprint density at radius 1 is 1.62 bits per heavy atom. The average Bonchev–Trinajstić information content (AvgIpc) is 3.02. The van der Waals surface area contributed by atoms with Gasteiger partial charge in [0.2, 0.25) is 0 Å². The van der Waals surface area contributed by atoms with Gasteiger partial charge in [-0.05, 0) is 25.7 Å². The summed E-state index contributed by atoms with van der Waals surface area (Å²) in [6, 6.07) is 0.547. The Labute approximate surface area is 101 Å². The molecule has 1 aromatic rings. The number of nitrogens with zero attached hydrogens (tertiary/aromatic N) is 1. The third kappa shape index (κ3) is 3.54. The number of rotatable bonds is 7. The molecule has 0 saturated heterocycles. The minimum atomic E-state index is 0.547. The van der Waals surface area contributed by atoms with Crippen molar-refractivity contribution in [3.8, 4) is 0 Å². The van der Waals surface area contributed by atoms with E-state index in [0.717, 1.165) is 25.5 Å². The van der Waals surface area contributed by atoms with Gasteiger partial charge >= 0.3 is 0 Å². The largest absolute Gasteiger partial charge is 0.383 e. The van der Waals surface area contributed by atoms with Gasteiger partial charge in [0.05, 0.1) is 11.6 Å². The third-order valence-corrected chi connectivity index (χ3v) is 3.92. The van der Waals surface area contributed by atoms with Gasteiger partial charge in [-0.25, -0.2) is 4.98 Å². The van der Waals surface area contributed by atoms with Crippen molar-refractivity contribution < 1.29 is 4.74 Å². The van der Waals surface area contributed by atoms with Crippen molar-refractivity contribution in [2.45, 2.75) is 32.2 Å². The minimum absolute atomic E-state index is 0.547. The van der Waals surface area contributed by atoms with E-state index in [-0.39, 0.29) is 0 Å². The lowest BCUT2D eigenvalue weighted by atomic mass is 10.2. The number of aryl methyl sites for hydroxylation is 1. The molecule has 0 radical (unpaired) electrons. The molecule has 4 heteroatoms. The summed E-state index contributed by atoms with van der Waals surface area (Å²) < 4.78 is 5.24. The molecule has 1 saturated carbocycles. The lowest BCUT2D eigenvalue weighted by Crippen LogP contribution is -2.36. The molecule has 1 fully saturated rings. The van der Waals surface area contributed by atoms with E-state index in [1.165, 1.54) is 22.7 Å². The van der Waals surface area contributed by atoms with Crippen molar-refractivity contribution in [1.82, 2.24) is 10.3 Å². The molecule has 0 spiro atoms. The van der Waals surface area contributed by atoms with E-state index in [0.29, 0.717) is 6.04 Å². The smallest absolute Gasteiger partial charge is 0.0940 e. The van der Waals surface area contributed by atoms with Gasteiger partial charge in [-0.1, -0.05) is 0 Å². The first-order valence-electron chi connectivity index (χ1n) is 5.93. The molecular formula is C12H20N2OS. The number of hydrogen-bond acceptors (Lipinski definition) is 4. The zero-order valence-electron chi connectivity index (χ0n) is 10.0. The molecule has 1 aliphatic carbocycles. The molecule has 2 rings (SSSR count). The van der Waals surface area contributed by atoms with Crippen molar-refractivity contribution in [2.24, 2.45) is 5.92 Å². The number of aromatic nitrogens is 1. The quantitative estimate of drug-likeness (QED) is 0.791. The highest BCUT2D eigenvalue weighted by Gasteiger charge is 2.30. The summed E-state index contributed by atoms with van der Waals surface area (Å²) in [4.78, 5) is 5.66. The zero-order valence-corrected chi connectivity index (χ0v) is 10.8. The minimum Gasteiger partial charge on any atom is -0.383 e. The first-order chi connectivity index (χ1) is 7.79. The van der Waals surface area contributed by atoms with Crippen LogP contribution < -0.4 is 5.32 Å². The molecule has 0 bridgehead atoms. The van der Waals surface area contributed by atoms with E-state index in [2.05, 4.69) is 17.2 Å². The monoisotopic (exact) mass is 240 g/mol. The van der Waals surface area contributed by atoms with Gasteiger partial charge in [-0.3, -0.25) is 0 Å². The molecule has 0 amide bonds. The van der Waals surface area contributed by atoms with Gasteiger partial charge in [0.25, 0.3) is 0 Å². The van der Waals surface area contributed by atoms with Crippen LogP contribution in [0.25, 0.3) is 0 Å². The van der Waals surface area contributed by atoms with Gasteiger partial charge in [0.1, 0.15) is 0 Å². The Kier molecular flexibility index (Phi) is 4.32. The summed E-state index contributed by atoms with van der Waals surface area (Å²) in [5.74, 6) is 0.845. The molecule has 90 valence electrons. The number of ether oxygens (including phenoxy) is 1. The lowest BCUT2D eigenvalue weighted by Gasteiger charge is -2.16. The molecule has 1 heterocycles. The molecule has 1 N–H and O–H groups in total. The summed E-state index contributed by atoms with van der Waals surface area (Å²) in [5, 5.41) is 4.82. The normalized spacial score (nSPS) is 17.6. The van der Waals surface area contributed by atoms with E-state index in [9.17, 15) is 0 Å². The predicted molar refractivity (Wildman–Crippen MR) is 66.9 cm³/mol. The van der Waals surface area contributed by atoms with Crippen LogP contribution in [0.15, 0.2) is 6.20 Å². The number of methoxy groups -OCH3 is 1. The topological polar surface area (TPSA) is 34.1 Å². The fraction of sp³-hybridized carbons (Fsp3) is 0.750. The van der Waals surface area contributed by atoms with Gasteiger partial charge < -0.3 is 10.1 Å². The number of nitrogens with one attached hydrogen (secondary N) is 1. The first kappa shape index (κ1) is 12.0. The first-order valence-corrected chi connectivity index (χ1v) is 6.75.